The van der Waals surface area contributed by atoms with Crippen molar-refractivity contribution in [3.63, 3.8) is 0 Å². The molecule has 5 rings (SSSR count). The molecule has 0 saturated carbocycles. The lowest BCUT2D eigenvalue weighted by Crippen LogP contribution is -2.36. The van der Waals surface area contributed by atoms with E-state index in [0.717, 1.165) is 39.7 Å². The van der Waals surface area contributed by atoms with Gasteiger partial charge in [-0.15, -0.1) is 0 Å². The molecule has 4 heterocycles. The Balaban J connectivity index is 1.47. The molecule has 4 aromatic rings. The Kier molecular flexibility index (Phi) is 3.75. The molecule has 0 radical (unpaired) electrons. The van der Waals surface area contributed by atoms with Crippen LogP contribution < -0.4 is 0 Å². The zero-order chi connectivity index (χ0) is 19.3. The number of pyridine rings is 1. The standard InChI is InChI=1S/C21H19N5O2/c1-12-19(20-24-13(2)28-25-20)17-6-8-26(11-16(17)10-23-12)21(27)15-3-4-18-14(9-15)5-7-22-18/h3-5,7,9-10,22H,6,8,11H2,1-2H3. The minimum absolute atomic E-state index is 0.0336. The summed E-state index contributed by atoms with van der Waals surface area (Å²) in [5, 5.41) is 5.11. The van der Waals surface area contributed by atoms with E-state index in [4.69, 9.17) is 4.52 Å². The molecule has 1 aliphatic rings. The smallest absolute Gasteiger partial charge is 0.254 e. The fraction of sp³-hybridized carbons (Fsp3) is 0.238. The van der Waals surface area contributed by atoms with E-state index in [0.29, 0.717) is 30.4 Å². The normalized spacial score (nSPS) is 13.7. The van der Waals surface area contributed by atoms with E-state index in [1.807, 2.05) is 48.5 Å². The van der Waals surface area contributed by atoms with Crippen molar-refractivity contribution in [3.05, 3.63) is 64.9 Å². The third-order valence-electron chi connectivity index (χ3n) is 5.30. The summed E-state index contributed by atoms with van der Waals surface area (Å²) in [6.07, 6.45) is 4.47. The zero-order valence-corrected chi connectivity index (χ0v) is 15.7. The maximum absolute atomic E-state index is 13.1. The third kappa shape index (κ3) is 2.67. The van der Waals surface area contributed by atoms with Crippen molar-refractivity contribution in [2.75, 3.05) is 6.54 Å². The number of nitrogens with one attached hydrogen (secondary N) is 1. The highest BCUT2D eigenvalue weighted by Crippen LogP contribution is 2.31. The second kappa shape index (κ2) is 6.30. The summed E-state index contributed by atoms with van der Waals surface area (Å²) in [6, 6.07) is 7.73. The molecule has 3 aromatic heterocycles. The molecule has 0 saturated heterocycles. The lowest BCUT2D eigenvalue weighted by Gasteiger charge is -2.30. The number of rotatable bonds is 2. The highest BCUT2D eigenvalue weighted by Gasteiger charge is 2.26. The zero-order valence-electron chi connectivity index (χ0n) is 15.7. The maximum Gasteiger partial charge on any atom is 0.254 e. The molecule has 0 fully saturated rings. The highest BCUT2D eigenvalue weighted by molar-refractivity contribution is 5.98. The van der Waals surface area contributed by atoms with Crippen LogP contribution >= 0.6 is 0 Å². The van der Waals surface area contributed by atoms with Gasteiger partial charge in [-0.25, -0.2) is 0 Å². The lowest BCUT2D eigenvalue weighted by molar-refractivity contribution is 0.0735. The average molecular weight is 373 g/mol. The summed E-state index contributed by atoms with van der Waals surface area (Å²) in [6.45, 7) is 4.89. The fourth-order valence-corrected chi connectivity index (χ4v) is 3.89. The van der Waals surface area contributed by atoms with Crippen molar-refractivity contribution in [2.24, 2.45) is 0 Å². The number of H-pyrrole nitrogens is 1. The van der Waals surface area contributed by atoms with E-state index in [1.165, 1.54) is 0 Å². The summed E-state index contributed by atoms with van der Waals surface area (Å²) < 4.78 is 5.15. The number of aromatic amines is 1. The molecular weight excluding hydrogens is 354 g/mol. The first-order valence-corrected chi connectivity index (χ1v) is 9.24. The number of carbonyl (C=O) groups excluding carboxylic acids is 1. The molecule has 28 heavy (non-hydrogen) atoms. The number of amides is 1. The van der Waals surface area contributed by atoms with Gasteiger partial charge in [0, 0.05) is 60.1 Å². The molecule has 1 aliphatic heterocycles. The Bertz CT molecular complexity index is 1210. The van der Waals surface area contributed by atoms with Crippen molar-refractivity contribution in [2.45, 2.75) is 26.8 Å². The first-order valence-electron chi connectivity index (χ1n) is 9.24. The Morgan fingerprint density at radius 1 is 1.25 bits per heavy atom. The first kappa shape index (κ1) is 16.7. The van der Waals surface area contributed by atoms with Gasteiger partial charge >= 0.3 is 0 Å². The fourth-order valence-electron chi connectivity index (χ4n) is 3.89. The summed E-state index contributed by atoms with van der Waals surface area (Å²) in [5.74, 6) is 1.13. The van der Waals surface area contributed by atoms with E-state index < -0.39 is 0 Å². The molecule has 0 bridgehead atoms. The molecular formula is C21H19N5O2. The Labute approximate surface area is 161 Å². The maximum atomic E-state index is 13.1. The van der Waals surface area contributed by atoms with Gasteiger partial charge in [-0.1, -0.05) is 5.16 Å². The number of carbonyl (C=O) groups is 1. The second-order valence-electron chi connectivity index (χ2n) is 7.12. The largest absolute Gasteiger partial charge is 0.361 e. The van der Waals surface area contributed by atoms with Crippen LogP contribution in [-0.4, -0.2) is 37.5 Å². The van der Waals surface area contributed by atoms with Gasteiger partial charge < -0.3 is 14.4 Å². The molecule has 0 spiro atoms. The van der Waals surface area contributed by atoms with E-state index in [2.05, 4.69) is 20.1 Å². The molecule has 1 amide bonds. The van der Waals surface area contributed by atoms with Crippen LogP contribution in [0.2, 0.25) is 0 Å². The molecule has 1 aromatic carbocycles. The van der Waals surface area contributed by atoms with Crippen molar-refractivity contribution < 1.29 is 9.32 Å². The van der Waals surface area contributed by atoms with Crippen molar-refractivity contribution in [1.29, 1.82) is 0 Å². The molecule has 1 N–H and O–H groups in total. The van der Waals surface area contributed by atoms with Crippen LogP contribution in [0.3, 0.4) is 0 Å². The van der Waals surface area contributed by atoms with Crippen LogP contribution in [0.4, 0.5) is 0 Å². The minimum Gasteiger partial charge on any atom is -0.361 e. The monoisotopic (exact) mass is 373 g/mol. The minimum atomic E-state index is 0.0336. The predicted molar refractivity (Wildman–Crippen MR) is 104 cm³/mol. The van der Waals surface area contributed by atoms with E-state index in [1.54, 1.807) is 6.92 Å². The van der Waals surface area contributed by atoms with Gasteiger partial charge in [-0.3, -0.25) is 9.78 Å². The Morgan fingerprint density at radius 3 is 2.96 bits per heavy atom. The van der Waals surface area contributed by atoms with Crippen LogP contribution in [0.1, 0.15) is 33.1 Å². The van der Waals surface area contributed by atoms with Crippen LogP contribution in [0.5, 0.6) is 0 Å². The lowest BCUT2D eigenvalue weighted by atomic mass is 9.94. The van der Waals surface area contributed by atoms with Gasteiger partial charge in [0.2, 0.25) is 11.7 Å². The molecule has 0 atom stereocenters. The summed E-state index contributed by atoms with van der Waals surface area (Å²) >= 11 is 0. The number of fused-ring (bicyclic) bond motifs is 2. The van der Waals surface area contributed by atoms with Crippen molar-refractivity contribution in [1.82, 2.24) is 25.0 Å². The van der Waals surface area contributed by atoms with Gasteiger partial charge in [0.05, 0.1) is 0 Å². The Morgan fingerprint density at radius 2 is 2.14 bits per heavy atom. The molecule has 7 nitrogen and oxygen atoms in total. The number of benzene rings is 1. The van der Waals surface area contributed by atoms with E-state index in [9.17, 15) is 4.79 Å². The third-order valence-corrected chi connectivity index (χ3v) is 5.30. The van der Waals surface area contributed by atoms with E-state index >= 15 is 0 Å². The van der Waals surface area contributed by atoms with Gasteiger partial charge in [0.1, 0.15) is 0 Å². The quantitative estimate of drug-likeness (QED) is 0.582. The van der Waals surface area contributed by atoms with Crippen LogP contribution in [0.15, 0.2) is 41.2 Å². The van der Waals surface area contributed by atoms with Crippen LogP contribution in [0.25, 0.3) is 22.3 Å². The van der Waals surface area contributed by atoms with Gasteiger partial charge in [0.15, 0.2) is 0 Å². The van der Waals surface area contributed by atoms with Gasteiger partial charge in [-0.2, -0.15) is 4.98 Å². The molecule has 0 aliphatic carbocycles. The van der Waals surface area contributed by atoms with Crippen molar-refractivity contribution >= 4 is 16.8 Å². The first-order chi connectivity index (χ1) is 13.6. The number of aryl methyl sites for hydroxylation is 2. The van der Waals surface area contributed by atoms with E-state index in [-0.39, 0.29) is 5.91 Å². The van der Waals surface area contributed by atoms with Gasteiger partial charge in [0.25, 0.3) is 5.91 Å². The molecule has 7 heteroatoms. The Hall–Kier alpha value is -3.48. The number of aromatic nitrogens is 4. The predicted octanol–water partition coefficient (Wildman–Crippen LogP) is 3.43. The molecule has 0 unspecified atom stereocenters. The second-order valence-corrected chi connectivity index (χ2v) is 7.12. The molecule has 140 valence electrons. The SMILES string of the molecule is Cc1nc(-c2c(C)ncc3c2CCN(C(=O)c2ccc4[nH]ccc4c2)C3)no1. The van der Waals surface area contributed by atoms with Gasteiger partial charge in [-0.05, 0) is 48.7 Å². The van der Waals surface area contributed by atoms with Crippen molar-refractivity contribution in [3.8, 4) is 11.4 Å². The summed E-state index contributed by atoms with van der Waals surface area (Å²) in [7, 11) is 0. The number of hydrogen-bond acceptors (Lipinski definition) is 5. The highest BCUT2D eigenvalue weighted by atomic mass is 16.5. The topological polar surface area (TPSA) is 87.9 Å². The average Bonchev–Trinajstić information content (AvgIpc) is 3.35. The number of nitrogens with zero attached hydrogens (tertiary/aromatic N) is 4. The summed E-state index contributed by atoms with van der Waals surface area (Å²) in [4.78, 5) is 27.0. The number of hydrogen-bond donors (Lipinski definition) is 1. The van der Waals surface area contributed by atoms with Crippen LogP contribution in [-0.2, 0) is 13.0 Å². The van der Waals surface area contributed by atoms with Crippen LogP contribution in [0, 0.1) is 13.8 Å². The summed E-state index contributed by atoms with van der Waals surface area (Å²) in [5.41, 5.74) is 5.71.